The van der Waals surface area contributed by atoms with Crippen molar-refractivity contribution < 1.29 is 9.21 Å². The zero-order chi connectivity index (χ0) is 20.3. The molecule has 1 aliphatic heterocycles. The number of amides is 1. The summed E-state index contributed by atoms with van der Waals surface area (Å²) in [5, 5.41) is 12.1. The van der Waals surface area contributed by atoms with Crippen LogP contribution in [0.4, 0.5) is 0 Å². The first-order valence-corrected chi connectivity index (χ1v) is 11.0. The number of nitrogens with zero attached hydrogens (tertiary/aromatic N) is 3. The van der Waals surface area contributed by atoms with E-state index in [-0.39, 0.29) is 11.8 Å². The smallest absolute Gasteiger partial charge is 0.248 e. The maximum Gasteiger partial charge on any atom is 0.248 e. The van der Waals surface area contributed by atoms with E-state index in [1.54, 1.807) is 11.3 Å². The summed E-state index contributed by atoms with van der Waals surface area (Å²) in [5.41, 5.74) is 4.68. The Morgan fingerprint density at radius 3 is 2.73 bits per heavy atom. The van der Waals surface area contributed by atoms with Gasteiger partial charge in [0.15, 0.2) is 0 Å². The third kappa shape index (κ3) is 3.78. The molecule has 0 N–H and O–H groups in total. The topological polar surface area (TPSA) is 59.2 Å². The van der Waals surface area contributed by atoms with Crippen molar-refractivity contribution in [3.8, 4) is 11.5 Å². The zero-order valence-corrected chi connectivity index (χ0v) is 17.2. The highest BCUT2D eigenvalue weighted by Gasteiger charge is 2.29. The van der Waals surface area contributed by atoms with Crippen LogP contribution in [0, 0.1) is 0 Å². The summed E-state index contributed by atoms with van der Waals surface area (Å²) in [7, 11) is 0. The Kier molecular flexibility index (Phi) is 5.15. The molecule has 150 valence electrons. The molecule has 0 saturated heterocycles. The van der Waals surface area contributed by atoms with Gasteiger partial charge in [0.05, 0.1) is 0 Å². The molecular formula is C24H21N3O2S. The van der Waals surface area contributed by atoms with Gasteiger partial charge in [0.1, 0.15) is 0 Å². The van der Waals surface area contributed by atoms with E-state index in [0.717, 1.165) is 5.56 Å². The molecule has 0 saturated carbocycles. The Morgan fingerprint density at radius 1 is 1.07 bits per heavy atom. The van der Waals surface area contributed by atoms with Gasteiger partial charge in [-0.15, -0.1) is 10.2 Å². The molecule has 1 amide bonds. The zero-order valence-electron chi connectivity index (χ0n) is 16.4. The van der Waals surface area contributed by atoms with Gasteiger partial charge in [-0.2, -0.15) is 11.3 Å². The van der Waals surface area contributed by atoms with Crippen molar-refractivity contribution in [1.82, 2.24) is 15.1 Å². The number of thiophene rings is 1. The van der Waals surface area contributed by atoms with Gasteiger partial charge < -0.3 is 9.32 Å². The lowest BCUT2D eigenvalue weighted by Crippen LogP contribution is -2.38. The number of carbonyl (C=O) groups is 1. The molecule has 0 spiro atoms. The number of fused-ring (bicyclic) bond motifs is 1. The summed E-state index contributed by atoms with van der Waals surface area (Å²) in [6.45, 7) is 1.33. The summed E-state index contributed by atoms with van der Waals surface area (Å²) in [6, 6.07) is 20.8. The van der Waals surface area contributed by atoms with Crippen LogP contribution in [0.15, 0.2) is 75.8 Å². The highest BCUT2D eigenvalue weighted by molar-refractivity contribution is 7.08. The maximum atomic E-state index is 13.0. The van der Waals surface area contributed by atoms with E-state index < -0.39 is 0 Å². The van der Waals surface area contributed by atoms with E-state index in [4.69, 9.17) is 4.42 Å². The molecule has 3 heterocycles. The van der Waals surface area contributed by atoms with Gasteiger partial charge in [-0.1, -0.05) is 54.6 Å². The molecule has 5 nitrogen and oxygen atoms in total. The Hall–Kier alpha value is -3.25. The Labute approximate surface area is 179 Å². The van der Waals surface area contributed by atoms with Gasteiger partial charge >= 0.3 is 0 Å². The Balaban J connectivity index is 1.30. The fourth-order valence-electron chi connectivity index (χ4n) is 4.00. The molecule has 4 aromatic rings. The number of aromatic nitrogens is 2. The van der Waals surface area contributed by atoms with Crippen LogP contribution in [0.5, 0.6) is 0 Å². The van der Waals surface area contributed by atoms with Gasteiger partial charge in [-0.3, -0.25) is 4.79 Å². The molecule has 0 aliphatic carbocycles. The minimum atomic E-state index is 0.112. The highest BCUT2D eigenvalue weighted by Crippen LogP contribution is 2.33. The summed E-state index contributed by atoms with van der Waals surface area (Å²) in [4.78, 5) is 15.0. The van der Waals surface area contributed by atoms with E-state index in [9.17, 15) is 4.79 Å². The Bertz CT molecular complexity index is 1140. The van der Waals surface area contributed by atoms with Crippen molar-refractivity contribution >= 4 is 17.2 Å². The normalized spacial score (nSPS) is 15.7. The molecular weight excluding hydrogens is 394 g/mol. The van der Waals surface area contributed by atoms with Crippen LogP contribution in [-0.2, 0) is 17.8 Å². The van der Waals surface area contributed by atoms with Crippen LogP contribution < -0.4 is 0 Å². The Morgan fingerprint density at radius 2 is 1.90 bits per heavy atom. The lowest BCUT2D eigenvalue weighted by Gasteiger charge is -2.35. The standard InChI is InChI=1S/C24H21N3O2S/c28-23(11-10-22-25-26-24(29-22)19-12-13-30-16-19)27-14-18-8-4-5-9-20(18)21(15-27)17-6-2-1-3-7-17/h1-9,12-13,16,21H,10-11,14-15H2. The summed E-state index contributed by atoms with van der Waals surface area (Å²) < 4.78 is 5.73. The second-order valence-electron chi connectivity index (χ2n) is 7.45. The first kappa shape index (κ1) is 18.8. The second-order valence-corrected chi connectivity index (χ2v) is 8.23. The molecule has 1 aliphatic rings. The molecule has 1 atom stereocenters. The molecule has 0 fully saturated rings. The number of aryl methyl sites for hydroxylation is 1. The first-order chi connectivity index (χ1) is 14.8. The quantitative estimate of drug-likeness (QED) is 0.465. The molecule has 2 aromatic carbocycles. The molecule has 5 rings (SSSR count). The van der Waals surface area contributed by atoms with Gasteiger partial charge in [-0.05, 0) is 28.1 Å². The minimum Gasteiger partial charge on any atom is -0.421 e. The number of carbonyl (C=O) groups excluding carboxylic acids is 1. The lowest BCUT2D eigenvalue weighted by atomic mass is 9.84. The van der Waals surface area contributed by atoms with Crippen molar-refractivity contribution in [2.45, 2.75) is 25.3 Å². The van der Waals surface area contributed by atoms with Crippen LogP contribution in [-0.4, -0.2) is 27.5 Å². The fraction of sp³-hybridized carbons (Fsp3) is 0.208. The lowest BCUT2D eigenvalue weighted by molar-refractivity contribution is -0.132. The number of benzene rings is 2. The maximum absolute atomic E-state index is 13.0. The van der Waals surface area contributed by atoms with Gasteiger partial charge in [0.25, 0.3) is 0 Å². The molecule has 0 radical (unpaired) electrons. The largest absolute Gasteiger partial charge is 0.421 e. The average Bonchev–Trinajstić information content (AvgIpc) is 3.49. The summed E-state index contributed by atoms with van der Waals surface area (Å²) in [6.07, 6.45) is 0.805. The van der Waals surface area contributed by atoms with Crippen molar-refractivity contribution in [2.75, 3.05) is 6.54 Å². The van der Waals surface area contributed by atoms with Crippen LogP contribution in [0.2, 0.25) is 0 Å². The van der Waals surface area contributed by atoms with Gasteiger partial charge in [0.2, 0.25) is 17.7 Å². The van der Waals surface area contributed by atoms with Crippen LogP contribution in [0.1, 0.15) is 34.9 Å². The van der Waals surface area contributed by atoms with Crippen molar-refractivity contribution in [1.29, 1.82) is 0 Å². The number of hydrogen-bond donors (Lipinski definition) is 0. The average molecular weight is 416 g/mol. The predicted octanol–water partition coefficient (Wildman–Crippen LogP) is 4.91. The first-order valence-electron chi connectivity index (χ1n) is 10.0. The molecule has 1 unspecified atom stereocenters. The number of rotatable bonds is 5. The van der Waals surface area contributed by atoms with Crippen LogP contribution >= 0.6 is 11.3 Å². The fourth-order valence-corrected chi connectivity index (χ4v) is 4.63. The van der Waals surface area contributed by atoms with Gasteiger partial charge in [-0.25, -0.2) is 0 Å². The highest BCUT2D eigenvalue weighted by atomic mass is 32.1. The van der Waals surface area contributed by atoms with Crippen LogP contribution in [0.25, 0.3) is 11.5 Å². The van der Waals surface area contributed by atoms with Crippen molar-refractivity contribution in [2.24, 2.45) is 0 Å². The molecule has 0 bridgehead atoms. The van der Waals surface area contributed by atoms with E-state index in [0.29, 0.717) is 37.7 Å². The molecule has 6 heteroatoms. The van der Waals surface area contributed by atoms with E-state index in [2.05, 4.69) is 52.7 Å². The SMILES string of the molecule is O=C(CCc1nnc(-c2ccsc2)o1)N1Cc2ccccc2C(c2ccccc2)C1. The molecule has 30 heavy (non-hydrogen) atoms. The summed E-state index contributed by atoms with van der Waals surface area (Å²) >= 11 is 1.58. The van der Waals surface area contributed by atoms with Crippen molar-refractivity contribution in [3.05, 3.63) is 94.0 Å². The predicted molar refractivity (Wildman–Crippen MR) is 116 cm³/mol. The number of hydrogen-bond acceptors (Lipinski definition) is 5. The van der Waals surface area contributed by atoms with E-state index in [1.807, 2.05) is 33.9 Å². The van der Waals surface area contributed by atoms with Crippen LogP contribution in [0.3, 0.4) is 0 Å². The second kappa shape index (κ2) is 8.24. The monoisotopic (exact) mass is 415 g/mol. The third-order valence-corrected chi connectivity index (χ3v) is 6.22. The van der Waals surface area contributed by atoms with Gasteiger partial charge in [0, 0.05) is 42.8 Å². The van der Waals surface area contributed by atoms with E-state index in [1.165, 1.54) is 16.7 Å². The van der Waals surface area contributed by atoms with E-state index >= 15 is 0 Å². The summed E-state index contributed by atoms with van der Waals surface area (Å²) in [5.74, 6) is 1.31. The third-order valence-electron chi connectivity index (χ3n) is 5.54. The molecule has 2 aromatic heterocycles. The minimum absolute atomic E-state index is 0.112. The van der Waals surface area contributed by atoms with Crippen molar-refractivity contribution in [3.63, 3.8) is 0 Å².